The molecule has 0 aliphatic heterocycles. The Morgan fingerprint density at radius 1 is 0.966 bits per heavy atom. The van der Waals surface area contributed by atoms with Gasteiger partial charge in [0.05, 0.1) is 6.21 Å². The monoisotopic (exact) mass is 471 g/mol. The molecule has 0 radical (unpaired) electrons. The lowest BCUT2D eigenvalue weighted by molar-refractivity contribution is -0.136. The number of hydrogen-bond donors (Lipinski definition) is 2. The molecule has 7 nitrogen and oxygen atoms in total. The van der Waals surface area contributed by atoms with Gasteiger partial charge in [0.15, 0.2) is 0 Å². The fourth-order valence-electron chi connectivity index (χ4n) is 2.16. The van der Waals surface area contributed by atoms with Crippen LogP contribution in [0.1, 0.15) is 15.2 Å². The van der Waals surface area contributed by atoms with E-state index in [0.29, 0.717) is 16.1 Å². The third-order valence-corrected chi connectivity index (χ3v) is 4.90. The van der Waals surface area contributed by atoms with Crippen molar-refractivity contribution in [3.05, 3.63) is 81.0 Å². The van der Waals surface area contributed by atoms with Crippen molar-refractivity contribution in [3.63, 3.8) is 0 Å². The zero-order valence-corrected chi connectivity index (χ0v) is 17.2. The molecule has 0 fully saturated rings. The molecule has 9 heteroatoms. The van der Waals surface area contributed by atoms with Crippen LogP contribution in [0.4, 0.5) is 5.69 Å². The maximum absolute atomic E-state index is 12.1. The van der Waals surface area contributed by atoms with Gasteiger partial charge in [0, 0.05) is 15.7 Å². The summed E-state index contributed by atoms with van der Waals surface area (Å²) in [7, 11) is 0. The highest BCUT2D eigenvalue weighted by atomic mass is 79.9. The van der Waals surface area contributed by atoms with Crippen molar-refractivity contribution in [1.29, 1.82) is 0 Å². The summed E-state index contributed by atoms with van der Waals surface area (Å²) < 4.78 is 6.22. The van der Waals surface area contributed by atoms with E-state index in [4.69, 9.17) is 4.74 Å². The zero-order valence-electron chi connectivity index (χ0n) is 14.8. The van der Waals surface area contributed by atoms with E-state index in [0.717, 1.165) is 4.47 Å². The zero-order chi connectivity index (χ0) is 20.6. The van der Waals surface area contributed by atoms with E-state index in [1.54, 1.807) is 66.0 Å². The molecule has 0 saturated heterocycles. The first kappa shape index (κ1) is 20.4. The molecular weight excluding hydrogens is 458 g/mol. The smallest absolute Gasteiger partial charge is 0.353 e. The van der Waals surface area contributed by atoms with Crippen LogP contribution >= 0.6 is 27.3 Å². The number of rotatable bonds is 5. The molecule has 0 saturated carbocycles. The number of nitrogens with one attached hydrogen (secondary N) is 2. The van der Waals surface area contributed by atoms with E-state index in [9.17, 15) is 14.4 Å². The fraction of sp³-hybridized carbons (Fsp3) is 0. The minimum absolute atomic E-state index is 0.281. The van der Waals surface area contributed by atoms with Gasteiger partial charge in [-0.15, -0.1) is 11.3 Å². The first-order valence-corrected chi connectivity index (χ1v) is 9.95. The molecule has 0 atom stereocenters. The van der Waals surface area contributed by atoms with Gasteiger partial charge in [0.25, 0.3) is 0 Å². The Kier molecular flexibility index (Phi) is 6.88. The number of thiophene rings is 1. The summed E-state index contributed by atoms with van der Waals surface area (Å²) in [4.78, 5) is 36.4. The predicted octanol–water partition coefficient (Wildman–Crippen LogP) is 3.82. The lowest BCUT2D eigenvalue weighted by Crippen LogP contribution is -2.32. The summed E-state index contributed by atoms with van der Waals surface area (Å²) in [5.41, 5.74) is 3.08. The second-order valence-corrected chi connectivity index (χ2v) is 7.43. The van der Waals surface area contributed by atoms with E-state index >= 15 is 0 Å². The Labute approximate surface area is 178 Å². The fourth-order valence-corrected chi connectivity index (χ4v) is 3.02. The number of para-hydroxylation sites is 1. The Hall–Kier alpha value is -3.30. The van der Waals surface area contributed by atoms with Gasteiger partial charge in [-0.2, -0.15) is 5.10 Å². The quantitative estimate of drug-likeness (QED) is 0.194. The van der Waals surface area contributed by atoms with Crippen LogP contribution in [0.5, 0.6) is 5.75 Å². The summed E-state index contributed by atoms with van der Waals surface area (Å²) >= 11 is 4.56. The maximum atomic E-state index is 12.1. The van der Waals surface area contributed by atoms with Crippen LogP contribution in [0.25, 0.3) is 0 Å². The Morgan fingerprint density at radius 3 is 2.45 bits per heavy atom. The number of esters is 1. The van der Waals surface area contributed by atoms with E-state index in [1.165, 1.54) is 17.6 Å². The Morgan fingerprint density at radius 2 is 1.72 bits per heavy atom. The number of benzene rings is 2. The molecule has 0 unspecified atom stereocenters. The number of carbonyl (C=O) groups excluding carboxylic acids is 3. The average Bonchev–Trinajstić information content (AvgIpc) is 3.26. The van der Waals surface area contributed by atoms with Crippen molar-refractivity contribution < 1.29 is 19.1 Å². The average molecular weight is 472 g/mol. The molecule has 0 bridgehead atoms. The van der Waals surface area contributed by atoms with Gasteiger partial charge in [-0.05, 0) is 47.8 Å². The Balaban J connectivity index is 1.59. The predicted molar refractivity (Wildman–Crippen MR) is 114 cm³/mol. The Bertz CT molecular complexity index is 1050. The van der Waals surface area contributed by atoms with Crippen LogP contribution in [-0.4, -0.2) is 24.0 Å². The molecule has 2 N–H and O–H groups in total. The highest BCUT2D eigenvalue weighted by molar-refractivity contribution is 9.10. The molecule has 2 aromatic carbocycles. The summed E-state index contributed by atoms with van der Waals surface area (Å²) in [6.45, 7) is 0. The first-order valence-electron chi connectivity index (χ1n) is 8.27. The van der Waals surface area contributed by atoms with Gasteiger partial charge in [-0.25, -0.2) is 10.2 Å². The molecule has 0 spiro atoms. The van der Waals surface area contributed by atoms with Crippen LogP contribution in [0.2, 0.25) is 0 Å². The van der Waals surface area contributed by atoms with Crippen molar-refractivity contribution in [3.8, 4) is 5.75 Å². The largest absolute Gasteiger partial charge is 0.422 e. The number of anilines is 1. The molecule has 0 aliphatic rings. The highest BCUT2D eigenvalue weighted by Crippen LogP contribution is 2.19. The van der Waals surface area contributed by atoms with Crippen LogP contribution in [0.3, 0.4) is 0 Å². The molecule has 146 valence electrons. The molecule has 0 aliphatic carbocycles. The third-order valence-electron chi connectivity index (χ3n) is 3.52. The SMILES string of the molecule is O=C(NN=Cc1ccccc1OC(=O)c1cccs1)C(=O)Nc1ccc(Br)cc1. The van der Waals surface area contributed by atoms with Gasteiger partial charge < -0.3 is 10.1 Å². The van der Waals surface area contributed by atoms with Crippen molar-refractivity contribution in [2.24, 2.45) is 5.10 Å². The van der Waals surface area contributed by atoms with E-state index in [-0.39, 0.29) is 5.75 Å². The summed E-state index contributed by atoms with van der Waals surface area (Å²) in [5, 5.41) is 8.00. The van der Waals surface area contributed by atoms with Gasteiger partial charge in [0.1, 0.15) is 10.6 Å². The van der Waals surface area contributed by atoms with E-state index in [1.807, 2.05) is 0 Å². The van der Waals surface area contributed by atoms with Crippen molar-refractivity contribution in [2.75, 3.05) is 5.32 Å². The van der Waals surface area contributed by atoms with Crippen molar-refractivity contribution >= 4 is 57.0 Å². The van der Waals surface area contributed by atoms with Gasteiger partial charge in [-0.3, -0.25) is 9.59 Å². The van der Waals surface area contributed by atoms with Crippen LogP contribution in [-0.2, 0) is 9.59 Å². The second-order valence-electron chi connectivity index (χ2n) is 5.56. The highest BCUT2D eigenvalue weighted by Gasteiger charge is 2.14. The molecule has 3 rings (SSSR count). The number of amides is 2. The lowest BCUT2D eigenvalue weighted by Gasteiger charge is -2.06. The maximum Gasteiger partial charge on any atom is 0.353 e. The normalized spacial score (nSPS) is 10.5. The minimum atomic E-state index is -0.933. The summed E-state index contributed by atoms with van der Waals surface area (Å²) in [6, 6.07) is 16.9. The molecule has 1 aromatic heterocycles. The third kappa shape index (κ3) is 5.84. The van der Waals surface area contributed by atoms with Gasteiger partial charge in [0.2, 0.25) is 0 Å². The number of nitrogens with zero attached hydrogens (tertiary/aromatic N) is 1. The summed E-state index contributed by atoms with van der Waals surface area (Å²) in [6.07, 6.45) is 1.29. The van der Waals surface area contributed by atoms with Crippen molar-refractivity contribution in [1.82, 2.24) is 5.43 Å². The van der Waals surface area contributed by atoms with Crippen LogP contribution < -0.4 is 15.5 Å². The first-order chi connectivity index (χ1) is 14.0. The van der Waals surface area contributed by atoms with Gasteiger partial charge in [-0.1, -0.05) is 34.1 Å². The van der Waals surface area contributed by atoms with Crippen molar-refractivity contribution in [2.45, 2.75) is 0 Å². The molecule has 3 aromatic rings. The molecule has 2 amide bonds. The molecular formula is C20H14BrN3O4S. The topological polar surface area (TPSA) is 96.9 Å². The van der Waals surface area contributed by atoms with Crippen LogP contribution in [0.15, 0.2) is 75.6 Å². The van der Waals surface area contributed by atoms with E-state index in [2.05, 4.69) is 31.8 Å². The lowest BCUT2D eigenvalue weighted by atomic mass is 10.2. The number of ether oxygens (including phenoxy) is 1. The number of hydrazone groups is 1. The minimum Gasteiger partial charge on any atom is -0.422 e. The number of halogens is 1. The van der Waals surface area contributed by atoms with E-state index < -0.39 is 17.8 Å². The number of hydrogen-bond acceptors (Lipinski definition) is 6. The molecule has 29 heavy (non-hydrogen) atoms. The molecule has 1 heterocycles. The summed E-state index contributed by atoms with van der Waals surface area (Å²) in [5.74, 6) is -2.00. The van der Waals surface area contributed by atoms with Gasteiger partial charge >= 0.3 is 17.8 Å². The number of carbonyl (C=O) groups is 3. The standard InChI is InChI=1S/C20H14BrN3O4S/c21-14-7-9-15(10-8-14)23-18(25)19(26)24-22-12-13-4-1-2-5-16(13)28-20(27)17-6-3-11-29-17/h1-12H,(H,23,25)(H,24,26). The van der Waals surface area contributed by atoms with Crippen LogP contribution in [0, 0.1) is 0 Å². The second kappa shape index (κ2) is 9.76.